The van der Waals surface area contributed by atoms with E-state index in [1.165, 1.54) is 19.3 Å². The fraction of sp³-hybridized carbons (Fsp3) is 0.375. The van der Waals surface area contributed by atoms with Crippen LogP contribution in [0.2, 0.25) is 0 Å². The van der Waals surface area contributed by atoms with E-state index in [2.05, 4.69) is 8.75 Å². The van der Waals surface area contributed by atoms with Crippen LogP contribution in [0.5, 0.6) is 0 Å². The summed E-state index contributed by atoms with van der Waals surface area (Å²) in [6, 6.07) is 13.2. The molecule has 30 heavy (non-hydrogen) atoms. The molecule has 2 heterocycles. The van der Waals surface area contributed by atoms with Crippen LogP contribution >= 0.6 is 11.7 Å². The van der Waals surface area contributed by atoms with E-state index in [4.69, 9.17) is 4.74 Å². The van der Waals surface area contributed by atoms with Crippen molar-refractivity contribution in [1.82, 2.24) is 8.75 Å². The number of aryl methyl sites for hydroxylation is 1. The van der Waals surface area contributed by atoms with Gasteiger partial charge in [-0.1, -0.05) is 68.0 Å². The van der Waals surface area contributed by atoms with Crippen molar-refractivity contribution in [3.8, 4) is 0 Å². The molecule has 1 aliphatic carbocycles. The fourth-order valence-corrected chi connectivity index (χ4v) is 5.22. The summed E-state index contributed by atoms with van der Waals surface area (Å²) in [6.45, 7) is 2.00. The van der Waals surface area contributed by atoms with Crippen molar-refractivity contribution in [3.63, 3.8) is 0 Å². The second-order valence-corrected chi connectivity index (χ2v) is 8.96. The molecule has 0 saturated heterocycles. The smallest absolute Gasteiger partial charge is 0.341 e. The topological polar surface area (TPSA) is 72.3 Å². The van der Waals surface area contributed by atoms with Gasteiger partial charge in [-0.2, -0.15) is 8.75 Å². The van der Waals surface area contributed by atoms with Crippen molar-refractivity contribution in [1.29, 1.82) is 0 Å². The Balaban J connectivity index is 1.65. The number of hydrogen-bond donors (Lipinski definition) is 1. The Labute approximate surface area is 179 Å². The van der Waals surface area contributed by atoms with Gasteiger partial charge < -0.3 is 9.84 Å². The van der Waals surface area contributed by atoms with Crippen LogP contribution in [0, 0.1) is 12.8 Å². The van der Waals surface area contributed by atoms with Gasteiger partial charge in [-0.15, -0.1) is 0 Å². The van der Waals surface area contributed by atoms with E-state index in [1.807, 2.05) is 49.4 Å². The zero-order valence-corrected chi connectivity index (χ0v) is 17.7. The third kappa shape index (κ3) is 3.34. The molecule has 1 aromatic heterocycles. The minimum absolute atomic E-state index is 0.444. The van der Waals surface area contributed by atoms with Crippen LogP contribution in [0.25, 0.3) is 16.6 Å². The maximum Gasteiger partial charge on any atom is 0.341 e. The highest BCUT2D eigenvalue weighted by Gasteiger charge is 2.48. The van der Waals surface area contributed by atoms with Gasteiger partial charge in [0.1, 0.15) is 11.0 Å². The first-order valence-electron chi connectivity index (χ1n) is 10.5. The molecule has 2 aliphatic rings. The lowest BCUT2D eigenvalue weighted by atomic mass is 9.80. The van der Waals surface area contributed by atoms with Gasteiger partial charge in [-0.05, 0) is 37.0 Å². The molecule has 5 nitrogen and oxygen atoms in total. The number of aromatic nitrogens is 2. The Morgan fingerprint density at radius 3 is 2.57 bits per heavy atom. The predicted molar refractivity (Wildman–Crippen MR) is 117 cm³/mol. The van der Waals surface area contributed by atoms with Gasteiger partial charge in [0.25, 0.3) is 5.79 Å². The molecule has 5 rings (SSSR count). The van der Waals surface area contributed by atoms with E-state index in [9.17, 15) is 9.90 Å². The van der Waals surface area contributed by atoms with E-state index >= 15 is 0 Å². The number of carbonyl (C=O) groups is 1. The highest BCUT2D eigenvalue weighted by Crippen LogP contribution is 2.47. The van der Waals surface area contributed by atoms with Crippen molar-refractivity contribution in [2.45, 2.75) is 51.2 Å². The number of ether oxygens (including phenoxy) is 1. The molecular weight excluding hydrogens is 396 g/mol. The van der Waals surface area contributed by atoms with Crippen molar-refractivity contribution >= 4 is 34.3 Å². The molecule has 1 saturated carbocycles. The van der Waals surface area contributed by atoms with E-state index in [1.54, 1.807) is 0 Å². The molecule has 154 valence electrons. The minimum atomic E-state index is -1.73. The third-order valence-electron chi connectivity index (χ3n) is 6.36. The Morgan fingerprint density at radius 1 is 1.07 bits per heavy atom. The van der Waals surface area contributed by atoms with Crippen molar-refractivity contribution in [3.05, 3.63) is 64.7 Å². The van der Waals surface area contributed by atoms with E-state index in [0.29, 0.717) is 29.0 Å². The maximum absolute atomic E-state index is 13.1. The number of carbonyl (C=O) groups excluding carboxylic acids is 1. The number of rotatable bonds is 4. The van der Waals surface area contributed by atoms with Gasteiger partial charge >= 0.3 is 5.97 Å². The number of esters is 1. The minimum Gasteiger partial charge on any atom is -0.421 e. The average molecular weight is 421 g/mol. The number of benzene rings is 2. The van der Waals surface area contributed by atoms with Gasteiger partial charge in [-0.25, -0.2) is 4.79 Å². The van der Waals surface area contributed by atoms with Gasteiger partial charge in [0.05, 0.1) is 17.3 Å². The van der Waals surface area contributed by atoms with Gasteiger partial charge in [-0.3, -0.25) is 0 Å². The second-order valence-electron chi connectivity index (χ2n) is 8.43. The average Bonchev–Trinajstić information content (AvgIpc) is 3.31. The summed E-state index contributed by atoms with van der Waals surface area (Å²) < 4.78 is 14.3. The van der Waals surface area contributed by atoms with Crippen LogP contribution in [0.1, 0.15) is 55.2 Å². The first kappa shape index (κ1) is 19.4. The van der Waals surface area contributed by atoms with Crippen molar-refractivity contribution in [2.24, 2.45) is 5.92 Å². The molecule has 0 bridgehead atoms. The zero-order valence-electron chi connectivity index (χ0n) is 16.9. The number of hydrogen-bond acceptors (Lipinski definition) is 6. The molecule has 0 amide bonds. The summed E-state index contributed by atoms with van der Waals surface area (Å²) in [7, 11) is 0. The van der Waals surface area contributed by atoms with E-state index < -0.39 is 11.8 Å². The molecule has 1 unspecified atom stereocenters. The van der Waals surface area contributed by atoms with Crippen LogP contribution < -0.4 is 0 Å². The first-order valence-corrected chi connectivity index (χ1v) is 11.3. The second kappa shape index (κ2) is 7.60. The maximum atomic E-state index is 13.1. The lowest BCUT2D eigenvalue weighted by Gasteiger charge is -2.29. The molecule has 0 radical (unpaired) electrons. The van der Waals surface area contributed by atoms with Crippen LogP contribution in [-0.4, -0.2) is 19.8 Å². The Morgan fingerprint density at radius 2 is 1.80 bits per heavy atom. The lowest BCUT2D eigenvalue weighted by molar-refractivity contribution is -0.185. The number of nitrogens with zero attached hydrogens (tertiary/aromatic N) is 2. The normalized spacial score (nSPS) is 22.7. The fourth-order valence-electron chi connectivity index (χ4n) is 4.70. The highest BCUT2D eigenvalue weighted by molar-refractivity contribution is 7.00. The van der Waals surface area contributed by atoms with Crippen molar-refractivity contribution in [2.75, 3.05) is 0 Å². The highest BCUT2D eigenvalue weighted by atomic mass is 32.1. The molecule has 1 atom stereocenters. The molecule has 1 fully saturated rings. The monoisotopic (exact) mass is 420 g/mol. The molecule has 2 aromatic carbocycles. The summed E-state index contributed by atoms with van der Waals surface area (Å²) in [5.41, 5.74) is 5.11. The summed E-state index contributed by atoms with van der Waals surface area (Å²) in [4.78, 5) is 13.1. The SMILES string of the molecule is Cc1ccc(C2(O)OC(=O)C(c3ccc4nsnc4c3)=C2CC2CCCCC2)cc1. The first-order chi connectivity index (χ1) is 14.5. The molecule has 1 N–H and O–H groups in total. The van der Waals surface area contributed by atoms with Crippen LogP contribution in [-0.2, 0) is 15.3 Å². The molecule has 6 heteroatoms. The predicted octanol–water partition coefficient (Wildman–Crippen LogP) is 5.13. The van der Waals surface area contributed by atoms with E-state index in [-0.39, 0.29) is 0 Å². The summed E-state index contributed by atoms with van der Waals surface area (Å²) >= 11 is 1.15. The Hall–Kier alpha value is -2.57. The zero-order chi connectivity index (χ0) is 20.7. The van der Waals surface area contributed by atoms with Crippen LogP contribution in [0.15, 0.2) is 48.0 Å². The number of fused-ring (bicyclic) bond motifs is 1. The Bertz CT molecular complexity index is 1130. The Kier molecular flexibility index (Phi) is 4.91. The third-order valence-corrected chi connectivity index (χ3v) is 6.91. The summed E-state index contributed by atoms with van der Waals surface area (Å²) in [6.07, 6.45) is 6.53. The molecule has 3 aromatic rings. The molecule has 0 spiro atoms. The molecule has 1 aliphatic heterocycles. The molecular formula is C24H24N2O3S. The van der Waals surface area contributed by atoms with Gasteiger partial charge in [0, 0.05) is 11.1 Å². The number of aliphatic hydroxyl groups is 1. The van der Waals surface area contributed by atoms with E-state index in [0.717, 1.165) is 46.7 Å². The quantitative estimate of drug-likeness (QED) is 0.593. The van der Waals surface area contributed by atoms with Crippen molar-refractivity contribution < 1.29 is 14.6 Å². The standard InChI is InChI=1S/C24H24N2O3S/c1-15-7-10-18(11-8-15)24(28)19(13-16-5-3-2-4-6-16)22(23(27)29-24)17-9-12-20-21(14-17)26-30-25-20/h7-12,14,16,28H,2-6,13H2,1H3. The van der Waals surface area contributed by atoms with Crippen LogP contribution in [0.3, 0.4) is 0 Å². The number of cyclic esters (lactones) is 1. The lowest BCUT2D eigenvalue weighted by Crippen LogP contribution is -2.30. The van der Waals surface area contributed by atoms with Gasteiger partial charge in [0.15, 0.2) is 0 Å². The summed E-state index contributed by atoms with van der Waals surface area (Å²) in [5.74, 6) is -1.77. The largest absolute Gasteiger partial charge is 0.421 e. The van der Waals surface area contributed by atoms with Gasteiger partial charge in [0.2, 0.25) is 0 Å². The van der Waals surface area contributed by atoms with Crippen LogP contribution in [0.4, 0.5) is 0 Å². The summed E-state index contributed by atoms with van der Waals surface area (Å²) in [5, 5.41) is 11.7.